The lowest BCUT2D eigenvalue weighted by Crippen LogP contribution is -2.12. The summed E-state index contributed by atoms with van der Waals surface area (Å²) in [4.78, 5) is 11.6. The van der Waals surface area contributed by atoms with Crippen molar-refractivity contribution in [3.63, 3.8) is 0 Å². The molecule has 21 heavy (non-hydrogen) atoms. The Bertz CT molecular complexity index is 629. The van der Waals surface area contributed by atoms with Crippen LogP contribution in [0.3, 0.4) is 0 Å². The first kappa shape index (κ1) is 16.3. The van der Waals surface area contributed by atoms with Gasteiger partial charge in [-0.2, -0.15) is 0 Å². The number of carbonyl (C=O) groups excluding carboxylic acids is 1. The molecule has 2 rings (SSSR count). The lowest BCUT2D eigenvalue weighted by atomic mass is 10.0. The Morgan fingerprint density at radius 3 is 2.43 bits per heavy atom. The van der Waals surface area contributed by atoms with Crippen molar-refractivity contribution in [3.05, 3.63) is 40.0 Å². The predicted molar refractivity (Wildman–Crippen MR) is 90.5 cm³/mol. The van der Waals surface area contributed by atoms with Crippen LogP contribution in [0, 0.1) is 6.92 Å². The van der Waals surface area contributed by atoms with Crippen molar-refractivity contribution >= 4 is 34.0 Å². The number of halogens is 1. The average molecular weight is 368 g/mol. The summed E-state index contributed by atoms with van der Waals surface area (Å²) >= 11 is 5.03. The van der Waals surface area contributed by atoms with Crippen LogP contribution in [0.15, 0.2) is 33.3 Å². The molecular formula is C16H18BrNO2S. The maximum atomic E-state index is 11.6. The summed E-state index contributed by atoms with van der Waals surface area (Å²) in [6, 6.07) is 7.81. The van der Waals surface area contributed by atoms with Gasteiger partial charge in [-0.25, -0.2) is 0 Å². The van der Waals surface area contributed by atoms with Crippen LogP contribution in [-0.4, -0.2) is 16.2 Å². The predicted octanol–water partition coefficient (Wildman–Crippen LogP) is 5.18. The fraction of sp³-hybridized carbons (Fsp3) is 0.375. The van der Waals surface area contributed by atoms with Crippen molar-refractivity contribution in [1.82, 2.24) is 5.16 Å². The number of benzene rings is 1. The number of aldehydes is 1. The smallest absolute Gasteiger partial charge is 0.171 e. The van der Waals surface area contributed by atoms with Gasteiger partial charge in [0, 0.05) is 20.3 Å². The number of rotatable bonds is 4. The van der Waals surface area contributed by atoms with Gasteiger partial charge in [0.1, 0.15) is 6.29 Å². The minimum Gasteiger partial charge on any atom is -0.356 e. The average Bonchev–Trinajstić information content (AvgIpc) is 2.78. The zero-order valence-corrected chi connectivity index (χ0v) is 14.9. The number of carbonyl (C=O) groups is 1. The van der Waals surface area contributed by atoms with Crippen LogP contribution in [-0.2, 0) is 4.79 Å². The van der Waals surface area contributed by atoms with Crippen molar-refractivity contribution < 1.29 is 9.32 Å². The van der Waals surface area contributed by atoms with Crippen LogP contribution in [0.1, 0.15) is 37.3 Å². The van der Waals surface area contributed by atoms with Gasteiger partial charge >= 0.3 is 0 Å². The Kier molecular flexibility index (Phi) is 4.94. The Labute approximate surface area is 137 Å². The first-order valence-electron chi connectivity index (χ1n) is 6.67. The molecule has 0 aliphatic rings. The van der Waals surface area contributed by atoms with Crippen LogP contribution in [0.2, 0.25) is 0 Å². The number of hydrogen-bond donors (Lipinski definition) is 0. The highest BCUT2D eigenvalue weighted by Gasteiger charge is 2.27. The largest absolute Gasteiger partial charge is 0.356 e. The minimum atomic E-state index is -0.283. The lowest BCUT2D eigenvalue weighted by molar-refractivity contribution is -0.107. The van der Waals surface area contributed by atoms with Crippen LogP contribution in [0.4, 0.5) is 0 Å². The molecule has 0 aliphatic carbocycles. The molecule has 0 saturated heterocycles. The summed E-state index contributed by atoms with van der Waals surface area (Å²) < 4.78 is 6.46. The van der Waals surface area contributed by atoms with E-state index in [1.54, 1.807) is 11.8 Å². The first-order chi connectivity index (χ1) is 9.81. The molecule has 0 amide bonds. The second-order valence-corrected chi connectivity index (χ2v) is 8.69. The van der Waals surface area contributed by atoms with Gasteiger partial charge in [-0.3, -0.25) is 0 Å². The van der Waals surface area contributed by atoms with Crippen LogP contribution >= 0.6 is 27.7 Å². The SMILES string of the molecule is Cc1noc(-c2ccc(Br)cc2)c1C(C=O)SC(C)(C)C. The molecule has 0 fully saturated rings. The molecule has 5 heteroatoms. The van der Waals surface area contributed by atoms with Crippen LogP contribution < -0.4 is 0 Å². The third-order valence-electron chi connectivity index (χ3n) is 2.90. The molecule has 3 nitrogen and oxygen atoms in total. The summed E-state index contributed by atoms with van der Waals surface area (Å²) in [5.74, 6) is 0.675. The molecule has 0 spiro atoms. The van der Waals surface area contributed by atoms with Crippen LogP contribution in [0.25, 0.3) is 11.3 Å². The van der Waals surface area contributed by atoms with Gasteiger partial charge in [0.2, 0.25) is 0 Å². The van der Waals surface area contributed by atoms with Crippen molar-refractivity contribution in [1.29, 1.82) is 0 Å². The molecule has 1 unspecified atom stereocenters. The third kappa shape index (κ3) is 3.98. The fourth-order valence-electron chi connectivity index (χ4n) is 2.06. The lowest BCUT2D eigenvalue weighted by Gasteiger charge is -2.22. The second-order valence-electron chi connectivity index (χ2n) is 5.80. The van der Waals surface area contributed by atoms with Crippen molar-refractivity contribution in [2.24, 2.45) is 0 Å². The monoisotopic (exact) mass is 367 g/mol. The van der Waals surface area contributed by atoms with E-state index in [0.29, 0.717) is 5.76 Å². The van der Waals surface area contributed by atoms with E-state index in [1.807, 2.05) is 31.2 Å². The topological polar surface area (TPSA) is 43.1 Å². The molecule has 2 aromatic rings. The molecule has 0 radical (unpaired) electrons. The highest BCUT2D eigenvalue weighted by Crippen LogP contribution is 2.42. The Morgan fingerprint density at radius 1 is 1.29 bits per heavy atom. The summed E-state index contributed by atoms with van der Waals surface area (Å²) in [7, 11) is 0. The van der Waals surface area contributed by atoms with Crippen LogP contribution in [0.5, 0.6) is 0 Å². The normalized spacial score (nSPS) is 13.2. The van der Waals surface area contributed by atoms with Gasteiger partial charge in [0.05, 0.1) is 10.9 Å². The van der Waals surface area contributed by atoms with Gasteiger partial charge in [-0.05, 0) is 19.1 Å². The molecule has 1 aromatic heterocycles. The second kappa shape index (κ2) is 6.36. The molecule has 0 aliphatic heterocycles. The minimum absolute atomic E-state index is 0.0216. The molecule has 0 N–H and O–H groups in total. The number of aromatic nitrogens is 1. The van der Waals surface area contributed by atoms with Crippen molar-refractivity contribution in [3.8, 4) is 11.3 Å². The van der Waals surface area contributed by atoms with Gasteiger partial charge in [-0.1, -0.05) is 54.0 Å². The Hall–Kier alpha value is -1.07. The van der Waals surface area contributed by atoms with E-state index in [2.05, 4.69) is 41.9 Å². The van der Waals surface area contributed by atoms with E-state index in [-0.39, 0.29) is 10.00 Å². The van der Waals surface area contributed by atoms with E-state index in [0.717, 1.165) is 27.6 Å². The maximum absolute atomic E-state index is 11.6. The highest BCUT2D eigenvalue weighted by atomic mass is 79.9. The van der Waals surface area contributed by atoms with Gasteiger partial charge in [-0.15, -0.1) is 11.8 Å². The number of nitrogens with zero attached hydrogens (tertiary/aromatic N) is 1. The highest BCUT2D eigenvalue weighted by molar-refractivity contribution is 9.10. The number of hydrogen-bond acceptors (Lipinski definition) is 4. The zero-order valence-electron chi connectivity index (χ0n) is 12.5. The number of thioether (sulfide) groups is 1. The van der Waals surface area contributed by atoms with Gasteiger partial charge in [0.15, 0.2) is 5.76 Å². The third-order valence-corrected chi connectivity index (χ3v) is 4.74. The molecular weight excluding hydrogens is 350 g/mol. The van der Waals surface area contributed by atoms with E-state index < -0.39 is 0 Å². The van der Waals surface area contributed by atoms with Gasteiger partial charge < -0.3 is 9.32 Å². The van der Waals surface area contributed by atoms with E-state index >= 15 is 0 Å². The molecule has 0 saturated carbocycles. The molecule has 1 heterocycles. The van der Waals surface area contributed by atoms with Gasteiger partial charge in [0.25, 0.3) is 0 Å². The summed E-state index contributed by atoms with van der Waals surface area (Å²) in [5.41, 5.74) is 2.56. The fourth-order valence-corrected chi connectivity index (χ4v) is 3.53. The molecule has 1 aromatic carbocycles. The summed E-state index contributed by atoms with van der Waals surface area (Å²) in [5, 5.41) is 3.77. The summed E-state index contributed by atoms with van der Waals surface area (Å²) in [6.07, 6.45) is 0.970. The first-order valence-corrected chi connectivity index (χ1v) is 8.34. The van der Waals surface area contributed by atoms with E-state index in [4.69, 9.17) is 4.52 Å². The van der Waals surface area contributed by atoms with E-state index in [1.165, 1.54) is 0 Å². The standard InChI is InChI=1S/C16H18BrNO2S/c1-10-14(13(9-19)21-16(2,3)4)15(20-18-10)11-5-7-12(17)8-6-11/h5-9,13H,1-4H3. The Morgan fingerprint density at radius 2 is 1.90 bits per heavy atom. The quantitative estimate of drug-likeness (QED) is 0.697. The molecule has 1 atom stereocenters. The Balaban J connectivity index is 2.46. The number of aryl methyl sites for hydroxylation is 1. The van der Waals surface area contributed by atoms with Crippen molar-refractivity contribution in [2.75, 3.05) is 0 Å². The summed E-state index contributed by atoms with van der Waals surface area (Å²) in [6.45, 7) is 8.16. The van der Waals surface area contributed by atoms with E-state index in [9.17, 15) is 4.79 Å². The maximum Gasteiger partial charge on any atom is 0.171 e. The molecule has 0 bridgehead atoms. The van der Waals surface area contributed by atoms with Crippen molar-refractivity contribution in [2.45, 2.75) is 37.7 Å². The molecule has 112 valence electrons. The zero-order chi connectivity index (χ0) is 15.6.